The summed E-state index contributed by atoms with van der Waals surface area (Å²) in [7, 11) is 0. The number of nitrogens with zero attached hydrogens (tertiary/aromatic N) is 3. The molecule has 1 aliphatic carbocycles. The molecule has 2 aliphatic rings. The second-order valence-electron chi connectivity index (χ2n) is 8.64. The summed E-state index contributed by atoms with van der Waals surface area (Å²) < 4.78 is 63.5. The van der Waals surface area contributed by atoms with E-state index < -0.39 is 24.3 Å². The molecule has 0 radical (unpaired) electrons. The first-order chi connectivity index (χ1) is 18.0. The lowest BCUT2D eigenvalue weighted by Crippen LogP contribution is -2.60. The lowest BCUT2D eigenvalue weighted by Gasteiger charge is -2.54. The lowest BCUT2D eigenvalue weighted by atomic mass is 9.59. The van der Waals surface area contributed by atoms with Crippen LogP contribution in [0.2, 0.25) is 0 Å². The standard InChI is InChI=1S/C17H22N6O2.2C2HF3O2/c18-8-15(24)23-5-3-17(4-6-23)2-1-14(17)21-16(25)12-7-11-9-20-22-13(11)10-19-12;2*3-2(4,5)1(6)7/h7,9-10,14H,1-6,8,18H2,(H,20,22)(H,21,25);2*(H,6,7). The minimum atomic E-state index is -5.08. The maximum atomic E-state index is 12.6. The van der Waals surface area contributed by atoms with Gasteiger partial charge in [-0.1, -0.05) is 0 Å². The zero-order chi connectivity index (χ0) is 29.6. The first-order valence-corrected chi connectivity index (χ1v) is 11.2. The number of carbonyl (C=O) groups excluding carboxylic acids is 2. The summed E-state index contributed by atoms with van der Waals surface area (Å²) in [6.45, 7) is 1.51. The van der Waals surface area contributed by atoms with Crippen molar-refractivity contribution in [2.75, 3.05) is 19.6 Å². The summed E-state index contributed by atoms with van der Waals surface area (Å²) >= 11 is 0. The number of H-pyrrole nitrogens is 1. The van der Waals surface area contributed by atoms with Crippen molar-refractivity contribution in [3.8, 4) is 0 Å². The lowest BCUT2D eigenvalue weighted by molar-refractivity contribution is -0.193. The summed E-state index contributed by atoms with van der Waals surface area (Å²) in [4.78, 5) is 48.1. The molecule has 1 unspecified atom stereocenters. The molecule has 6 N–H and O–H groups in total. The molecule has 1 saturated heterocycles. The second-order valence-corrected chi connectivity index (χ2v) is 8.64. The number of rotatable bonds is 3. The molecule has 4 rings (SSSR count). The van der Waals surface area contributed by atoms with Crippen molar-refractivity contribution < 1.29 is 55.7 Å². The fraction of sp³-hybridized carbons (Fsp3) is 0.524. The third-order valence-electron chi connectivity index (χ3n) is 6.30. The van der Waals surface area contributed by atoms with Gasteiger partial charge in [-0.25, -0.2) is 14.6 Å². The van der Waals surface area contributed by atoms with Crippen LogP contribution >= 0.6 is 0 Å². The Morgan fingerprint density at radius 3 is 2.00 bits per heavy atom. The fourth-order valence-electron chi connectivity index (χ4n) is 4.05. The van der Waals surface area contributed by atoms with Crippen molar-refractivity contribution in [1.82, 2.24) is 25.4 Å². The van der Waals surface area contributed by atoms with Gasteiger partial charge in [-0.2, -0.15) is 31.4 Å². The number of fused-ring (bicyclic) bond motifs is 1. The van der Waals surface area contributed by atoms with E-state index in [9.17, 15) is 35.9 Å². The first-order valence-electron chi connectivity index (χ1n) is 11.2. The number of halogens is 6. The highest BCUT2D eigenvalue weighted by Crippen LogP contribution is 2.49. The zero-order valence-electron chi connectivity index (χ0n) is 20.0. The van der Waals surface area contributed by atoms with Crippen molar-refractivity contribution in [2.24, 2.45) is 11.1 Å². The Morgan fingerprint density at radius 2 is 1.56 bits per heavy atom. The number of amides is 2. The monoisotopic (exact) mass is 570 g/mol. The molecule has 39 heavy (non-hydrogen) atoms. The van der Waals surface area contributed by atoms with Crippen LogP contribution in [0, 0.1) is 5.41 Å². The number of nitrogens with two attached hydrogens (primary N) is 1. The number of likely N-dealkylation sites (tertiary alicyclic amines) is 1. The molecule has 1 saturated carbocycles. The molecule has 2 fully saturated rings. The number of pyridine rings is 1. The highest BCUT2D eigenvalue weighted by atomic mass is 19.4. The number of nitrogens with one attached hydrogen (secondary N) is 2. The first kappa shape index (κ1) is 31.3. The fourth-order valence-corrected chi connectivity index (χ4v) is 4.05. The van der Waals surface area contributed by atoms with Crippen molar-refractivity contribution in [1.29, 1.82) is 0 Å². The Labute approximate surface area is 215 Å². The van der Waals surface area contributed by atoms with Crippen molar-refractivity contribution in [3.05, 3.63) is 24.2 Å². The number of aromatic nitrogens is 3. The third kappa shape index (κ3) is 8.26. The number of hydrogen-bond acceptors (Lipinski definition) is 7. The van der Waals surface area contributed by atoms with Crippen LogP contribution in [0.5, 0.6) is 0 Å². The number of alkyl halides is 6. The van der Waals surface area contributed by atoms with Gasteiger partial charge in [0.05, 0.1) is 24.5 Å². The highest BCUT2D eigenvalue weighted by Gasteiger charge is 2.49. The quantitative estimate of drug-likeness (QED) is 0.342. The van der Waals surface area contributed by atoms with E-state index >= 15 is 0 Å². The van der Waals surface area contributed by atoms with Crippen LogP contribution in [0.3, 0.4) is 0 Å². The number of piperidine rings is 1. The van der Waals surface area contributed by atoms with Gasteiger partial charge in [-0.05, 0) is 37.2 Å². The van der Waals surface area contributed by atoms with E-state index in [1.165, 1.54) is 0 Å². The predicted octanol–water partition coefficient (Wildman–Crippen LogP) is 1.68. The number of carboxylic acid groups (broad SMARTS) is 2. The van der Waals surface area contributed by atoms with Gasteiger partial charge in [-0.15, -0.1) is 0 Å². The minimum Gasteiger partial charge on any atom is -0.475 e. The van der Waals surface area contributed by atoms with E-state index in [2.05, 4.69) is 20.5 Å². The summed E-state index contributed by atoms with van der Waals surface area (Å²) in [5, 5.41) is 25.0. The molecule has 3 heterocycles. The Balaban J connectivity index is 0.000000317. The molecule has 1 spiro atoms. The van der Waals surface area contributed by atoms with Crippen molar-refractivity contribution in [3.63, 3.8) is 0 Å². The van der Waals surface area contributed by atoms with E-state index in [0.717, 1.165) is 49.7 Å². The number of aromatic amines is 1. The smallest absolute Gasteiger partial charge is 0.475 e. The SMILES string of the molecule is NCC(=O)N1CCC2(CCC2NC(=O)c2cc3cn[nH]c3cn2)CC1.O=C(O)C(F)(F)F.O=C(O)C(F)(F)F. The summed E-state index contributed by atoms with van der Waals surface area (Å²) in [5.41, 5.74) is 6.78. The maximum absolute atomic E-state index is 12.6. The zero-order valence-corrected chi connectivity index (χ0v) is 20.0. The summed E-state index contributed by atoms with van der Waals surface area (Å²) in [6, 6.07) is 1.90. The molecule has 0 bridgehead atoms. The second kappa shape index (κ2) is 12.3. The van der Waals surface area contributed by atoms with Gasteiger partial charge in [-0.3, -0.25) is 14.7 Å². The van der Waals surface area contributed by atoms with Crippen LogP contribution in [0.25, 0.3) is 10.9 Å². The van der Waals surface area contributed by atoms with Crippen LogP contribution in [0.4, 0.5) is 26.3 Å². The Hall–Kier alpha value is -3.96. The highest BCUT2D eigenvalue weighted by molar-refractivity contribution is 5.95. The van der Waals surface area contributed by atoms with Gasteiger partial charge in [0.2, 0.25) is 5.91 Å². The van der Waals surface area contributed by atoms with Crippen LogP contribution in [-0.4, -0.2) is 92.1 Å². The molecule has 18 heteroatoms. The third-order valence-corrected chi connectivity index (χ3v) is 6.30. The summed E-state index contributed by atoms with van der Waals surface area (Å²) in [6.07, 6.45) is -2.95. The van der Waals surface area contributed by atoms with E-state index in [1.807, 2.05) is 4.90 Å². The Kier molecular flexibility index (Phi) is 9.83. The molecule has 2 aromatic heterocycles. The van der Waals surface area contributed by atoms with Crippen molar-refractivity contribution >= 4 is 34.7 Å². The topological polar surface area (TPSA) is 192 Å². The molecule has 2 aromatic rings. The molecule has 216 valence electrons. The molecule has 12 nitrogen and oxygen atoms in total. The van der Waals surface area contributed by atoms with E-state index in [0.29, 0.717) is 5.69 Å². The molecule has 1 aliphatic heterocycles. The average Bonchev–Trinajstić information content (AvgIpc) is 3.33. The van der Waals surface area contributed by atoms with Crippen LogP contribution in [0.15, 0.2) is 18.5 Å². The van der Waals surface area contributed by atoms with Crippen molar-refractivity contribution in [2.45, 2.75) is 44.1 Å². The van der Waals surface area contributed by atoms with Gasteiger partial charge >= 0.3 is 24.3 Å². The number of carbonyl (C=O) groups is 4. The van der Waals surface area contributed by atoms with E-state index in [-0.39, 0.29) is 29.8 Å². The minimum absolute atomic E-state index is 0.00683. The van der Waals surface area contributed by atoms with Crippen LogP contribution in [-0.2, 0) is 14.4 Å². The average molecular weight is 570 g/mol. The van der Waals surface area contributed by atoms with E-state index in [1.54, 1.807) is 18.5 Å². The van der Waals surface area contributed by atoms with Gasteiger partial charge in [0.15, 0.2) is 0 Å². The van der Waals surface area contributed by atoms with Gasteiger partial charge in [0.25, 0.3) is 5.91 Å². The summed E-state index contributed by atoms with van der Waals surface area (Å²) in [5.74, 6) is -5.65. The van der Waals surface area contributed by atoms with Gasteiger partial charge < -0.3 is 26.2 Å². The normalized spacial score (nSPS) is 18.1. The molecule has 2 amide bonds. The Bertz CT molecular complexity index is 1170. The molecule has 1 atom stereocenters. The molecular formula is C21H24F6N6O6. The Morgan fingerprint density at radius 1 is 1.03 bits per heavy atom. The number of carboxylic acids is 2. The molecule has 0 aromatic carbocycles. The van der Waals surface area contributed by atoms with E-state index in [4.69, 9.17) is 25.5 Å². The largest absolute Gasteiger partial charge is 0.490 e. The number of hydrogen-bond donors (Lipinski definition) is 5. The van der Waals surface area contributed by atoms with Gasteiger partial charge in [0.1, 0.15) is 5.69 Å². The molecular weight excluding hydrogens is 546 g/mol. The van der Waals surface area contributed by atoms with Gasteiger partial charge in [0, 0.05) is 24.5 Å². The predicted molar refractivity (Wildman–Crippen MR) is 119 cm³/mol. The maximum Gasteiger partial charge on any atom is 0.490 e. The van der Waals surface area contributed by atoms with Crippen LogP contribution < -0.4 is 11.1 Å². The number of aliphatic carboxylic acids is 2. The van der Waals surface area contributed by atoms with Crippen LogP contribution in [0.1, 0.15) is 36.2 Å².